The lowest BCUT2D eigenvalue weighted by atomic mass is 10.1. The van der Waals surface area contributed by atoms with Crippen LogP contribution in [0.1, 0.15) is 26.2 Å². The number of hydrogen-bond donors (Lipinski definition) is 2. The second-order valence-electron chi connectivity index (χ2n) is 4.51. The van der Waals surface area contributed by atoms with Crippen molar-refractivity contribution in [1.29, 1.82) is 0 Å². The summed E-state index contributed by atoms with van der Waals surface area (Å²) in [5.74, 6) is -0.195. The van der Waals surface area contributed by atoms with E-state index in [0.717, 1.165) is 12.8 Å². The van der Waals surface area contributed by atoms with E-state index in [1.54, 1.807) is 6.07 Å². The highest BCUT2D eigenvalue weighted by molar-refractivity contribution is 5.96. The summed E-state index contributed by atoms with van der Waals surface area (Å²) < 4.78 is 1.49. The largest absolute Gasteiger partial charge is 0.323 e. The average Bonchev–Trinajstić information content (AvgIpc) is 2.99. The molecule has 20 heavy (non-hydrogen) atoms. The minimum atomic E-state index is -0.503. The van der Waals surface area contributed by atoms with Crippen LogP contribution in [0.15, 0.2) is 30.6 Å². The molecule has 1 aromatic carbocycles. The summed E-state index contributed by atoms with van der Waals surface area (Å²) in [5, 5.41) is 13.8. The van der Waals surface area contributed by atoms with Crippen LogP contribution >= 0.6 is 0 Å². The topological polar surface area (TPSA) is 98.7 Å². The standard InChI is InChI=1S/C13H18N6O/c1-2-3-6-10(14)13(20)16-11-7-4-5-8-12(11)19-9-15-17-18-19/h4-5,7-10H,2-3,6,14H2,1H3,(H,16,20)/t10-/m0/s1. The van der Waals surface area contributed by atoms with Gasteiger partial charge in [-0.3, -0.25) is 4.79 Å². The van der Waals surface area contributed by atoms with Crippen molar-refractivity contribution < 1.29 is 4.79 Å². The quantitative estimate of drug-likeness (QED) is 0.822. The maximum absolute atomic E-state index is 12.0. The second kappa shape index (κ2) is 6.76. The molecule has 106 valence electrons. The fourth-order valence-electron chi connectivity index (χ4n) is 1.83. The molecule has 0 fully saturated rings. The molecule has 0 bridgehead atoms. The molecule has 0 saturated heterocycles. The van der Waals surface area contributed by atoms with E-state index >= 15 is 0 Å². The van der Waals surface area contributed by atoms with Gasteiger partial charge >= 0.3 is 0 Å². The summed E-state index contributed by atoms with van der Waals surface area (Å²) in [5.41, 5.74) is 7.20. The SMILES string of the molecule is CCCC[C@H](N)C(=O)Nc1ccccc1-n1cnnn1. The Morgan fingerprint density at radius 1 is 1.45 bits per heavy atom. The van der Waals surface area contributed by atoms with E-state index < -0.39 is 6.04 Å². The van der Waals surface area contributed by atoms with Crippen molar-refractivity contribution >= 4 is 11.6 Å². The number of unbranched alkanes of at least 4 members (excludes halogenated alkanes) is 1. The van der Waals surface area contributed by atoms with E-state index in [4.69, 9.17) is 5.73 Å². The number of carbonyl (C=O) groups excluding carboxylic acids is 1. The maximum atomic E-state index is 12.0. The van der Waals surface area contributed by atoms with Gasteiger partial charge in [0.1, 0.15) is 6.33 Å². The lowest BCUT2D eigenvalue weighted by Gasteiger charge is -2.14. The first-order valence-corrected chi connectivity index (χ1v) is 6.61. The van der Waals surface area contributed by atoms with Crippen molar-refractivity contribution in [3.63, 3.8) is 0 Å². The zero-order chi connectivity index (χ0) is 14.4. The number of benzene rings is 1. The first kappa shape index (κ1) is 14.1. The molecule has 2 rings (SSSR count). The molecule has 0 unspecified atom stereocenters. The van der Waals surface area contributed by atoms with Gasteiger partial charge in [-0.05, 0) is 29.0 Å². The van der Waals surface area contributed by atoms with Crippen molar-refractivity contribution in [2.75, 3.05) is 5.32 Å². The van der Waals surface area contributed by atoms with Crippen LogP contribution < -0.4 is 11.1 Å². The van der Waals surface area contributed by atoms with Gasteiger partial charge in [-0.2, -0.15) is 4.68 Å². The van der Waals surface area contributed by atoms with Crippen LogP contribution in [0.2, 0.25) is 0 Å². The zero-order valence-corrected chi connectivity index (χ0v) is 11.4. The fourth-order valence-corrected chi connectivity index (χ4v) is 1.83. The first-order chi connectivity index (χ1) is 9.72. The third-order valence-corrected chi connectivity index (χ3v) is 2.96. The van der Waals surface area contributed by atoms with Crippen LogP contribution in [0.5, 0.6) is 0 Å². The molecule has 7 heteroatoms. The molecular weight excluding hydrogens is 256 g/mol. The molecule has 0 aliphatic rings. The number of rotatable bonds is 6. The molecule has 1 aromatic heterocycles. The minimum absolute atomic E-state index is 0.195. The molecule has 1 heterocycles. The number of anilines is 1. The van der Waals surface area contributed by atoms with Crippen LogP contribution in [-0.2, 0) is 4.79 Å². The lowest BCUT2D eigenvalue weighted by molar-refractivity contribution is -0.117. The predicted molar refractivity (Wildman–Crippen MR) is 75.3 cm³/mol. The van der Waals surface area contributed by atoms with Crippen molar-refractivity contribution in [2.45, 2.75) is 32.2 Å². The monoisotopic (exact) mass is 274 g/mol. The number of amides is 1. The molecule has 1 amide bonds. The van der Waals surface area contributed by atoms with Gasteiger partial charge in [0.15, 0.2) is 0 Å². The molecular formula is C13H18N6O. The van der Waals surface area contributed by atoms with Gasteiger partial charge in [0.05, 0.1) is 17.4 Å². The molecule has 0 aliphatic carbocycles. The molecule has 0 aliphatic heterocycles. The fraction of sp³-hybridized carbons (Fsp3) is 0.385. The van der Waals surface area contributed by atoms with Crippen molar-refractivity contribution in [1.82, 2.24) is 20.2 Å². The number of aromatic nitrogens is 4. The van der Waals surface area contributed by atoms with E-state index in [-0.39, 0.29) is 5.91 Å². The van der Waals surface area contributed by atoms with Crippen LogP contribution in [0, 0.1) is 0 Å². The normalized spacial score (nSPS) is 12.1. The van der Waals surface area contributed by atoms with Crippen molar-refractivity contribution in [3.8, 4) is 5.69 Å². The molecule has 2 aromatic rings. The Morgan fingerprint density at radius 2 is 2.25 bits per heavy atom. The highest BCUT2D eigenvalue weighted by Crippen LogP contribution is 2.18. The molecule has 0 spiro atoms. The third-order valence-electron chi connectivity index (χ3n) is 2.96. The molecule has 0 radical (unpaired) electrons. The lowest BCUT2D eigenvalue weighted by Crippen LogP contribution is -2.35. The number of hydrogen-bond acceptors (Lipinski definition) is 5. The second-order valence-corrected chi connectivity index (χ2v) is 4.51. The number of carbonyl (C=O) groups is 1. The van der Waals surface area contributed by atoms with Crippen molar-refractivity contribution in [3.05, 3.63) is 30.6 Å². The molecule has 0 saturated carbocycles. The van der Waals surface area contributed by atoms with Gasteiger partial charge in [0.2, 0.25) is 5.91 Å². The van der Waals surface area contributed by atoms with E-state index in [2.05, 4.69) is 27.8 Å². The Hall–Kier alpha value is -2.28. The van der Waals surface area contributed by atoms with E-state index in [9.17, 15) is 4.79 Å². The predicted octanol–water partition coefficient (Wildman–Crippen LogP) is 1.12. The number of para-hydroxylation sites is 2. The summed E-state index contributed by atoms with van der Waals surface area (Å²) in [6.07, 6.45) is 4.10. The summed E-state index contributed by atoms with van der Waals surface area (Å²) in [4.78, 5) is 12.0. The summed E-state index contributed by atoms with van der Waals surface area (Å²) in [7, 11) is 0. The number of nitrogens with one attached hydrogen (secondary N) is 1. The summed E-state index contributed by atoms with van der Waals surface area (Å²) in [6.45, 7) is 2.07. The molecule has 1 atom stereocenters. The first-order valence-electron chi connectivity index (χ1n) is 6.61. The highest BCUT2D eigenvalue weighted by atomic mass is 16.2. The number of tetrazole rings is 1. The molecule has 3 N–H and O–H groups in total. The Labute approximate surface area is 117 Å². The zero-order valence-electron chi connectivity index (χ0n) is 11.4. The van der Waals surface area contributed by atoms with Gasteiger partial charge in [-0.1, -0.05) is 31.9 Å². The Kier molecular flexibility index (Phi) is 4.78. The Balaban J connectivity index is 2.12. The van der Waals surface area contributed by atoms with Crippen LogP contribution in [0.4, 0.5) is 5.69 Å². The third kappa shape index (κ3) is 3.39. The van der Waals surface area contributed by atoms with E-state index in [0.29, 0.717) is 17.8 Å². The highest BCUT2D eigenvalue weighted by Gasteiger charge is 2.15. The molecule has 7 nitrogen and oxygen atoms in total. The maximum Gasteiger partial charge on any atom is 0.241 e. The van der Waals surface area contributed by atoms with Crippen LogP contribution in [0.3, 0.4) is 0 Å². The summed E-state index contributed by atoms with van der Waals surface area (Å²) in [6, 6.07) is 6.80. The van der Waals surface area contributed by atoms with Gasteiger partial charge in [-0.15, -0.1) is 5.10 Å². The number of nitrogens with zero attached hydrogens (tertiary/aromatic N) is 4. The van der Waals surface area contributed by atoms with Gasteiger partial charge in [-0.25, -0.2) is 0 Å². The smallest absolute Gasteiger partial charge is 0.241 e. The van der Waals surface area contributed by atoms with Crippen LogP contribution in [0.25, 0.3) is 5.69 Å². The van der Waals surface area contributed by atoms with E-state index in [1.165, 1.54) is 11.0 Å². The van der Waals surface area contributed by atoms with E-state index in [1.807, 2.05) is 18.2 Å². The van der Waals surface area contributed by atoms with Gasteiger partial charge < -0.3 is 11.1 Å². The minimum Gasteiger partial charge on any atom is -0.323 e. The average molecular weight is 274 g/mol. The van der Waals surface area contributed by atoms with Gasteiger partial charge in [0.25, 0.3) is 0 Å². The summed E-state index contributed by atoms with van der Waals surface area (Å²) >= 11 is 0. The van der Waals surface area contributed by atoms with Gasteiger partial charge in [0, 0.05) is 0 Å². The Bertz CT molecular complexity index is 554. The van der Waals surface area contributed by atoms with Crippen molar-refractivity contribution in [2.24, 2.45) is 5.73 Å². The number of nitrogens with two attached hydrogens (primary N) is 1. The van der Waals surface area contributed by atoms with Crippen LogP contribution in [-0.4, -0.2) is 32.2 Å². The Morgan fingerprint density at radius 3 is 2.95 bits per heavy atom.